The summed E-state index contributed by atoms with van der Waals surface area (Å²) >= 11 is 0. The van der Waals surface area contributed by atoms with Crippen LogP contribution in [-0.4, -0.2) is 24.9 Å². The summed E-state index contributed by atoms with van der Waals surface area (Å²) in [6, 6.07) is 0. The van der Waals surface area contributed by atoms with Crippen LogP contribution in [0.15, 0.2) is 12.2 Å². The van der Waals surface area contributed by atoms with E-state index in [1.54, 1.807) is 6.08 Å². The van der Waals surface area contributed by atoms with Crippen molar-refractivity contribution in [3.63, 3.8) is 0 Å². The molecule has 3 atom stereocenters. The molecule has 0 spiro atoms. The van der Waals surface area contributed by atoms with Crippen LogP contribution in [0.1, 0.15) is 12.8 Å². The van der Waals surface area contributed by atoms with Crippen LogP contribution < -0.4 is 0 Å². The molecule has 1 fully saturated rings. The molecular weight excluding hydrogens is 278 g/mol. The van der Waals surface area contributed by atoms with Gasteiger partial charge in [-0.25, -0.2) is 0 Å². The van der Waals surface area contributed by atoms with E-state index < -0.39 is 48.6 Å². The number of allylic oxidation sites excluding steroid dienone is 2. The number of carbonyl (C=O) groups excluding carboxylic acids is 1. The first-order valence-corrected chi connectivity index (χ1v) is 5.55. The second-order valence-corrected chi connectivity index (χ2v) is 4.85. The molecule has 8 heteroatoms. The molecule has 1 saturated carbocycles. The largest absolute Gasteiger partial charge is 0.455 e. The predicted molar refractivity (Wildman–Crippen MR) is 50.9 cm³/mol. The van der Waals surface area contributed by atoms with E-state index in [2.05, 4.69) is 4.74 Å². The summed E-state index contributed by atoms with van der Waals surface area (Å²) in [5.74, 6) is -3.38. The molecule has 3 unspecified atom stereocenters. The summed E-state index contributed by atoms with van der Waals surface area (Å²) in [5.41, 5.74) is -2.82. The Balaban J connectivity index is 2.21. The minimum atomic E-state index is -4.92. The van der Waals surface area contributed by atoms with Gasteiger partial charge in [0.05, 0.1) is 0 Å². The van der Waals surface area contributed by atoms with Crippen molar-refractivity contribution >= 4 is 5.97 Å². The lowest BCUT2D eigenvalue weighted by atomic mass is 9.75. The molecule has 0 radical (unpaired) electrons. The van der Waals surface area contributed by atoms with Crippen molar-refractivity contribution in [3.05, 3.63) is 12.2 Å². The average molecular weight is 288 g/mol. The number of hydrogen-bond acceptors (Lipinski definition) is 2. The third-order valence-corrected chi connectivity index (χ3v) is 3.63. The Labute approximate surface area is 104 Å². The molecule has 0 N–H and O–H groups in total. The Bertz CT molecular complexity index is 410. The van der Waals surface area contributed by atoms with Crippen molar-refractivity contribution in [1.82, 2.24) is 0 Å². The topological polar surface area (TPSA) is 26.3 Å². The maximum Gasteiger partial charge on any atom is 0.422 e. The minimum absolute atomic E-state index is 0.126. The van der Waals surface area contributed by atoms with Crippen molar-refractivity contribution in [1.29, 1.82) is 0 Å². The molecule has 2 aliphatic rings. The molecule has 2 rings (SSSR count). The van der Waals surface area contributed by atoms with Gasteiger partial charge in [-0.2, -0.15) is 26.3 Å². The van der Waals surface area contributed by atoms with E-state index in [4.69, 9.17) is 0 Å². The van der Waals surface area contributed by atoms with Crippen molar-refractivity contribution in [3.8, 4) is 0 Å². The molecule has 0 aromatic heterocycles. The lowest BCUT2D eigenvalue weighted by Crippen LogP contribution is -2.49. The number of esters is 1. The van der Waals surface area contributed by atoms with Crippen molar-refractivity contribution < 1.29 is 35.9 Å². The van der Waals surface area contributed by atoms with E-state index in [1.807, 2.05) is 0 Å². The summed E-state index contributed by atoms with van der Waals surface area (Å²) < 4.78 is 79.1. The van der Waals surface area contributed by atoms with E-state index in [1.165, 1.54) is 6.08 Å². The lowest BCUT2D eigenvalue weighted by molar-refractivity contribution is -0.250. The Morgan fingerprint density at radius 2 is 1.84 bits per heavy atom. The maximum atomic E-state index is 13.1. The number of ether oxygens (including phenoxy) is 1. The number of carbonyl (C=O) groups is 1. The zero-order valence-electron chi connectivity index (χ0n) is 9.52. The van der Waals surface area contributed by atoms with Gasteiger partial charge < -0.3 is 4.74 Å². The van der Waals surface area contributed by atoms with Crippen LogP contribution in [0.25, 0.3) is 0 Å². The maximum absolute atomic E-state index is 13.1. The number of halogens is 6. The first-order valence-electron chi connectivity index (χ1n) is 5.55. The van der Waals surface area contributed by atoms with Gasteiger partial charge in [0.15, 0.2) is 12.0 Å². The molecule has 0 heterocycles. The molecule has 0 aliphatic heterocycles. The molecule has 2 bridgehead atoms. The number of rotatable bonds is 2. The quantitative estimate of drug-likeness (QED) is 0.443. The first-order chi connectivity index (χ1) is 8.56. The van der Waals surface area contributed by atoms with Crippen LogP contribution in [0.5, 0.6) is 0 Å². The number of hydrogen-bond donors (Lipinski definition) is 0. The third kappa shape index (κ3) is 2.32. The summed E-state index contributed by atoms with van der Waals surface area (Å²) in [4.78, 5) is 11.6. The monoisotopic (exact) mass is 288 g/mol. The SMILES string of the molecule is O=C(OCC(F)(F)F)C1(C(F)(F)F)CC2C=CC1C2. The Morgan fingerprint density at radius 3 is 2.21 bits per heavy atom. The smallest absolute Gasteiger partial charge is 0.422 e. The Morgan fingerprint density at radius 1 is 1.21 bits per heavy atom. The van der Waals surface area contributed by atoms with Gasteiger partial charge in [0.2, 0.25) is 0 Å². The van der Waals surface area contributed by atoms with E-state index >= 15 is 0 Å². The molecule has 2 nitrogen and oxygen atoms in total. The standard InChI is InChI=1S/C11H10F6O2/c12-10(13,14)5-19-8(18)9(11(15,16)17)4-6-1-2-7(9)3-6/h1-2,6-7H,3-5H2. The second kappa shape index (κ2) is 4.14. The third-order valence-electron chi connectivity index (χ3n) is 3.63. The molecule has 19 heavy (non-hydrogen) atoms. The first kappa shape index (κ1) is 14.2. The normalized spacial score (nSPS) is 33.8. The highest BCUT2D eigenvalue weighted by molar-refractivity contribution is 5.79. The average Bonchev–Trinajstić information content (AvgIpc) is 2.83. The molecule has 108 valence electrons. The van der Waals surface area contributed by atoms with E-state index in [-0.39, 0.29) is 6.42 Å². The van der Waals surface area contributed by atoms with Crippen LogP contribution in [0.4, 0.5) is 26.3 Å². The zero-order chi connectivity index (χ0) is 14.5. The molecule has 0 saturated heterocycles. The highest BCUT2D eigenvalue weighted by Crippen LogP contribution is 2.60. The number of fused-ring (bicyclic) bond motifs is 2. The summed E-state index contributed by atoms with van der Waals surface area (Å²) in [7, 11) is 0. The van der Waals surface area contributed by atoms with Crippen molar-refractivity contribution in [2.75, 3.05) is 6.61 Å². The summed E-state index contributed by atoms with van der Waals surface area (Å²) in [5, 5.41) is 0. The van der Waals surface area contributed by atoms with Gasteiger partial charge >= 0.3 is 18.3 Å². The van der Waals surface area contributed by atoms with Crippen LogP contribution >= 0.6 is 0 Å². The van der Waals surface area contributed by atoms with E-state index in [0.717, 1.165) is 0 Å². The van der Waals surface area contributed by atoms with Crippen molar-refractivity contribution in [2.24, 2.45) is 17.3 Å². The lowest BCUT2D eigenvalue weighted by Gasteiger charge is -2.34. The molecule has 2 aliphatic carbocycles. The van der Waals surface area contributed by atoms with Crippen LogP contribution in [0.3, 0.4) is 0 Å². The molecule has 0 aromatic rings. The molecular formula is C11H10F6O2. The molecule has 0 aromatic carbocycles. The van der Waals surface area contributed by atoms with Gasteiger partial charge in [-0.15, -0.1) is 0 Å². The summed E-state index contributed by atoms with van der Waals surface area (Å²) in [6.07, 6.45) is -7.35. The Hall–Kier alpha value is -1.21. The van der Waals surface area contributed by atoms with Crippen LogP contribution in [-0.2, 0) is 9.53 Å². The fourth-order valence-corrected chi connectivity index (χ4v) is 2.81. The fraction of sp³-hybridized carbons (Fsp3) is 0.727. The zero-order valence-corrected chi connectivity index (χ0v) is 9.52. The molecule has 0 amide bonds. The Kier molecular flexibility index (Phi) is 3.10. The highest BCUT2D eigenvalue weighted by Gasteiger charge is 2.69. The second-order valence-electron chi connectivity index (χ2n) is 4.85. The summed E-state index contributed by atoms with van der Waals surface area (Å²) in [6.45, 7) is -2.00. The predicted octanol–water partition coefficient (Wildman–Crippen LogP) is 3.24. The minimum Gasteiger partial charge on any atom is -0.455 e. The van der Waals surface area contributed by atoms with Gasteiger partial charge in [-0.1, -0.05) is 12.2 Å². The van der Waals surface area contributed by atoms with Crippen molar-refractivity contribution in [2.45, 2.75) is 25.2 Å². The van der Waals surface area contributed by atoms with Crippen LogP contribution in [0.2, 0.25) is 0 Å². The van der Waals surface area contributed by atoms with E-state index in [9.17, 15) is 31.1 Å². The van der Waals surface area contributed by atoms with E-state index in [0.29, 0.717) is 0 Å². The van der Waals surface area contributed by atoms with Gasteiger partial charge in [0.1, 0.15) is 0 Å². The number of alkyl halides is 6. The highest BCUT2D eigenvalue weighted by atomic mass is 19.4. The van der Waals surface area contributed by atoms with Gasteiger partial charge in [0, 0.05) is 5.92 Å². The van der Waals surface area contributed by atoms with Gasteiger partial charge in [-0.05, 0) is 18.8 Å². The van der Waals surface area contributed by atoms with Gasteiger partial charge in [0.25, 0.3) is 0 Å². The van der Waals surface area contributed by atoms with Gasteiger partial charge in [-0.3, -0.25) is 4.79 Å². The fourth-order valence-electron chi connectivity index (χ4n) is 2.81. The van der Waals surface area contributed by atoms with Crippen LogP contribution in [0, 0.1) is 17.3 Å².